The Morgan fingerprint density at radius 2 is 1.16 bits per heavy atom. The number of aromatic nitrogens is 1. The summed E-state index contributed by atoms with van der Waals surface area (Å²) in [5.74, 6) is -1.52. The molecule has 0 bridgehead atoms. The highest BCUT2D eigenvalue weighted by molar-refractivity contribution is 8.00. The molecule has 0 saturated carbocycles. The van der Waals surface area contributed by atoms with Crippen molar-refractivity contribution in [2.24, 2.45) is 0 Å². The van der Waals surface area contributed by atoms with Crippen molar-refractivity contribution in [3.05, 3.63) is 151 Å². The van der Waals surface area contributed by atoms with Crippen molar-refractivity contribution < 1.29 is 19.7 Å². The van der Waals surface area contributed by atoms with Gasteiger partial charge < -0.3 is 9.67 Å². The molecule has 1 aromatic heterocycles. The maximum absolute atomic E-state index is 12.4. The summed E-state index contributed by atoms with van der Waals surface area (Å²) in [7, 11) is 0. The third-order valence-electron chi connectivity index (χ3n) is 6.04. The van der Waals surface area contributed by atoms with E-state index in [9.17, 15) is 34.9 Å². The van der Waals surface area contributed by atoms with Crippen LogP contribution in [0.25, 0.3) is 0 Å². The molecule has 0 spiro atoms. The molecule has 38 heavy (non-hydrogen) atoms. The van der Waals surface area contributed by atoms with E-state index >= 15 is 0 Å². The maximum Gasteiger partial charge on any atom is 0.339 e. The molecule has 0 aliphatic heterocycles. The average molecular weight is 532 g/mol. The smallest absolute Gasteiger partial charge is 0.339 e. The first-order valence-electron chi connectivity index (χ1n) is 11.3. The molecule has 0 amide bonds. The number of benzene rings is 3. The maximum atomic E-state index is 12.4. The second kappa shape index (κ2) is 11.1. The van der Waals surface area contributed by atoms with Crippen molar-refractivity contribution >= 4 is 29.1 Å². The number of pyridine rings is 1. The number of carboxylic acids is 1. The van der Waals surface area contributed by atoms with Crippen molar-refractivity contribution in [1.82, 2.24) is 4.57 Å². The summed E-state index contributed by atoms with van der Waals surface area (Å²) in [5.41, 5.74) is -0.942. The predicted molar refractivity (Wildman–Crippen MR) is 142 cm³/mol. The zero-order valence-electron chi connectivity index (χ0n) is 19.7. The van der Waals surface area contributed by atoms with Crippen molar-refractivity contribution in [2.75, 3.05) is 5.75 Å². The molecule has 4 rings (SSSR count). The fraction of sp³-hybridized carbons (Fsp3) is 0.111. The first-order chi connectivity index (χ1) is 18.3. The first kappa shape index (κ1) is 26.3. The van der Waals surface area contributed by atoms with E-state index in [0.29, 0.717) is 0 Å². The summed E-state index contributed by atoms with van der Waals surface area (Å²) in [6.07, 6.45) is 1.48. The molecule has 0 aliphatic carbocycles. The van der Waals surface area contributed by atoms with E-state index in [0.717, 1.165) is 33.7 Å². The molecule has 1 atom stereocenters. The lowest BCUT2D eigenvalue weighted by Crippen LogP contribution is -2.30. The molecule has 0 fully saturated rings. The molecule has 10 nitrogen and oxygen atoms in total. The molecule has 11 heteroatoms. The number of rotatable bonds is 10. The number of hydrogen-bond donors (Lipinski definition) is 1. The Morgan fingerprint density at radius 3 is 1.47 bits per heavy atom. The standard InChI is InChI=1S/C27H21N3O7S/c31-25-22(29(34)35)16-28(17-23(25)30(36)37)24(26(32)33)18-38-27(19-10-4-1-5-11-19,20-12-6-2-7-13-20)21-14-8-3-9-15-21/h1-17,24H,18H2,(H,32,33)/t24-/m1/s1. The van der Waals surface area contributed by atoms with E-state index in [1.807, 2.05) is 91.0 Å². The highest BCUT2D eigenvalue weighted by Crippen LogP contribution is 2.49. The molecule has 0 saturated heterocycles. The monoisotopic (exact) mass is 531 g/mol. The molecule has 0 aliphatic rings. The SMILES string of the molecule is O=C(O)[C@@H](CSC(c1ccccc1)(c1ccccc1)c1ccccc1)n1cc([N+](=O)[O-])c(=O)c([N+](=O)[O-])c1. The van der Waals surface area contributed by atoms with Gasteiger partial charge in [-0.2, -0.15) is 0 Å². The van der Waals surface area contributed by atoms with Gasteiger partial charge in [-0.05, 0) is 16.7 Å². The van der Waals surface area contributed by atoms with Crippen LogP contribution >= 0.6 is 11.8 Å². The minimum Gasteiger partial charge on any atom is -0.480 e. The van der Waals surface area contributed by atoms with Gasteiger partial charge in [0, 0.05) is 5.75 Å². The Labute approximate surface area is 220 Å². The van der Waals surface area contributed by atoms with Gasteiger partial charge in [-0.3, -0.25) is 25.0 Å². The number of nitro groups is 2. The van der Waals surface area contributed by atoms with E-state index in [1.54, 1.807) is 0 Å². The van der Waals surface area contributed by atoms with E-state index in [-0.39, 0.29) is 5.75 Å². The molecule has 0 radical (unpaired) electrons. The number of aliphatic carboxylic acids is 1. The molecule has 1 heterocycles. The van der Waals surface area contributed by atoms with Gasteiger partial charge in [-0.25, -0.2) is 4.79 Å². The van der Waals surface area contributed by atoms with Gasteiger partial charge in [0.15, 0.2) is 0 Å². The lowest BCUT2D eigenvalue weighted by atomic mass is 9.84. The molecule has 192 valence electrons. The zero-order valence-corrected chi connectivity index (χ0v) is 20.6. The molecule has 0 unspecified atom stereocenters. The fourth-order valence-corrected chi connectivity index (χ4v) is 5.90. The van der Waals surface area contributed by atoms with E-state index < -0.39 is 43.4 Å². The lowest BCUT2D eigenvalue weighted by molar-refractivity contribution is -0.397. The van der Waals surface area contributed by atoms with E-state index in [1.165, 1.54) is 11.8 Å². The Balaban J connectivity index is 1.89. The number of carboxylic acid groups (broad SMARTS) is 1. The minimum absolute atomic E-state index is 0.148. The van der Waals surface area contributed by atoms with Crippen LogP contribution in [-0.2, 0) is 9.54 Å². The number of carbonyl (C=O) groups is 1. The normalized spacial score (nSPS) is 12.0. The second-order valence-corrected chi connectivity index (χ2v) is 9.50. The van der Waals surface area contributed by atoms with Crippen LogP contribution in [0.15, 0.2) is 108 Å². The summed E-state index contributed by atoms with van der Waals surface area (Å²) >= 11 is 1.27. The van der Waals surface area contributed by atoms with Gasteiger partial charge in [0.2, 0.25) is 0 Å². The van der Waals surface area contributed by atoms with Crippen LogP contribution < -0.4 is 5.43 Å². The van der Waals surface area contributed by atoms with Crippen LogP contribution in [0.2, 0.25) is 0 Å². The van der Waals surface area contributed by atoms with Crippen molar-refractivity contribution in [1.29, 1.82) is 0 Å². The third-order valence-corrected chi connectivity index (χ3v) is 7.67. The first-order valence-corrected chi connectivity index (χ1v) is 12.3. The quantitative estimate of drug-likeness (QED) is 0.171. The fourth-order valence-electron chi connectivity index (χ4n) is 4.27. The summed E-state index contributed by atoms with van der Waals surface area (Å²) in [6.45, 7) is 0. The number of thioether (sulfide) groups is 1. The third kappa shape index (κ3) is 5.04. The Morgan fingerprint density at radius 1 is 0.789 bits per heavy atom. The Bertz CT molecular complexity index is 1390. The van der Waals surface area contributed by atoms with Crippen LogP contribution in [0.3, 0.4) is 0 Å². The molecular formula is C27H21N3O7S. The van der Waals surface area contributed by atoms with Gasteiger partial charge in [0.25, 0.3) is 0 Å². The van der Waals surface area contributed by atoms with Crippen LogP contribution in [0.4, 0.5) is 11.4 Å². The van der Waals surface area contributed by atoms with Crippen LogP contribution in [-0.4, -0.2) is 31.2 Å². The van der Waals surface area contributed by atoms with Gasteiger partial charge in [-0.15, -0.1) is 11.8 Å². The number of hydrogen-bond acceptors (Lipinski definition) is 7. The van der Waals surface area contributed by atoms with Crippen LogP contribution in [0.1, 0.15) is 22.7 Å². The highest BCUT2D eigenvalue weighted by atomic mass is 32.2. The number of nitrogens with zero attached hydrogens (tertiary/aromatic N) is 3. The average Bonchev–Trinajstić information content (AvgIpc) is 2.92. The molecular weight excluding hydrogens is 510 g/mol. The van der Waals surface area contributed by atoms with Gasteiger partial charge in [0.05, 0.1) is 27.0 Å². The molecule has 3 aromatic carbocycles. The zero-order chi connectivity index (χ0) is 27.3. The second-order valence-electron chi connectivity index (χ2n) is 8.26. The summed E-state index contributed by atoms with van der Waals surface area (Å²) in [6, 6.07) is 27.0. The van der Waals surface area contributed by atoms with Crippen molar-refractivity contribution in [3.63, 3.8) is 0 Å². The van der Waals surface area contributed by atoms with Gasteiger partial charge >= 0.3 is 22.8 Å². The molecule has 4 aromatic rings. The van der Waals surface area contributed by atoms with Crippen LogP contribution in [0.5, 0.6) is 0 Å². The summed E-state index contributed by atoms with van der Waals surface area (Å²) < 4.78 is -0.0346. The highest BCUT2D eigenvalue weighted by Gasteiger charge is 2.39. The topological polar surface area (TPSA) is 146 Å². The van der Waals surface area contributed by atoms with E-state index in [4.69, 9.17) is 0 Å². The van der Waals surface area contributed by atoms with Crippen molar-refractivity contribution in [3.8, 4) is 0 Å². The Hall–Kier alpha value is -4.77. The summed E-state index contributed by atoms with van der Waals surface area (Å²) in [5, 5.41) is 33.0. The van der Waals surface area contributed by atoms with Crippen LogP contribution in [0, 0.1) is 20.2 Å². The van der Waals surface area contributed by atoms with E-state index in [2.05, 4.69) is 0 Å². The summed E-state index contributed by atoms with van der Waals surface area (Å²) in [4.78, 5) is 45.4. The molecule has 1 N–H and O–H groups in total. The minimum atomic E-state index is -1.46. The van der Waals surface area contributed by atoms with Gasteiger partial charge in [0.1, 0.15) is 6.04 Å². The lowest BCUT2D eigenvalue weighted by Gasteiger charge is -2.36. The largest absolute Gasteiger partial charge is 0.480 e. The predicted octanol–water partition coefficient (Wildman–Crippen LogP) is 5.02. The van der Waals surface area contributed by atoms with Gasteiger partial charge in [-0.1, -0.05) is 91.0 Å². The Kier molecular flexibility index (Phi) is 7.68. The van der Waals surface area contributed by atoms with Crippen molar-refractivity contribution in [2.45, 2.75) is 10.8 Å².